The second-order valence-corrected chi connectivity index (χ2v) is 4.22. The molecule has 3 aliphatic carbocycles. The van der Waals surface area contributed by atoms with E-state index in [1.165, 1.54) is 5.57 Å². The molecule has 0 aromatic heterocycles. The summed E-state index contributed by atoms with van der Waals surface area (Å²) in [7, 11) is 0. The van der Waals surface area contributed by atoms with Crippen molar-refractivity contribution in [3.05, 3.63) is 72.4 Å². The molecule has 0 aliphatic heterocycles. The molecule has 0 aromatic carbocycles. The largest absolute Gasteiger partial charge is 0.0767 e. The van der Waals surface area contributed by atoms with E-state index >= 15 is 0 Å². The topological polar surface area (TPSA) is 0 Å². The number of rotatable bonds is 2. The standard InChI is InChI=1S/C15H14/c1-2-7-12(6-1)14-10-5-11-15(14)13-8-3-4-9-13/h1-14H. The SMILES string of the molecule is C1=CC(C2=CC=CC2C2C=CC=C2)C=C1. The van der Waals surface area contributed by atoms with Gasteiger partial charge in [0.05, 0.1) is 0 Å². The van der Waals surface area contributed by atoms with Crippen molar-refractivity contribution in [2.24, 2.45) is 17.8 Å². The van der Waals surface area contributed by atoms with E-state index in [1.807, 2.05) is 0 Å². The van der Waals surface area contributed by atoms with Crippen molar-refractivity contribution in [3.8, 4) is 0 Å². The minimum atomic E-state index is 0.521. The first kappa shape index (κ1) is 8.72. The van der Waals surface area contributed by atoms with Gasteiger partial charge in [-0.25, -0.2) is 0 Å². The van der Waals surface area contributed by atoms with Crippen LogP contribution in [0.4, 0.5) is 0 Å². The van der Waals surface area contributed by atoms with E-state index in [0.29, 0.717) is 17.8 Å². The highest BCUT2D eigenvalue weighted by Crippen LogP contribution is 2.37. The maximum Gasteiger partial charge on any atom is 0.0172 e. The zero-order chi connectivity index (χ0) is 10.1. The predicted octanol–water partition coefficient (Wildman–Crippen LogP) is 3.58. The maximum absolute atomic E-state index is 2.32. The molecule has 74 valence electrons. The summed E-state index contributed by atoms with van der Waals surface area (Å²) in [5.41, 5.74) is 1.53. The third-order valence-corrected chi connectivity index (χ3v) is 3.32. The first-order chi connectivity index (χ1) is 7.45. The summed E-state index contributed by atoms with van der Waals surface area (Å²) < 4.78 is 0. The Kier molecular flexibility index (Phi) is 2.06. The smallest absolute Gasteiger partial charge is 0.0172 e. The van der Waals surface area contributed by atoms with Crippen LogP contribution < -0.4 is 0 Å². The molecule has 3 rings (SSSR count). The molecule has 0 bridgehead atoms. The van der Waals surface area contributed by atoms with Gasteiger partial charge in [-0.05, 0) is 0 Å². The number of allylic oxidation sites excluding steroid dienone is 12. The lowest BCUT2D eigenvalue weighted by atomic mass is 9.83. The van der Waals surface area contributed by atoms with Crippen molar-refractivity contribution in [1.29, 1.82) is 0 Å². The Labute approximate surface area is 90.7 Å². The highest BCUT2D eigenvalue weighted by Gasteiger charge is 2.26. The minimum absolute atomic E-state index is 0.521. The third kappa shape index (κ3) is 1.46. The van der Waals surface area contributed by atoms with E-state index in [-0.39, 0.29) is 0 Å². The van der Waals surface area contributed by atoms with Crippen LogP contribution in [0.15, 0.2) is 72.4 Å². The molecule has 0 heterocycles. The van der Waals surface area contributed by atoms with Gasteiger partial charge >= 0.3 is 0 Å². The molecule has 1 atom stereocenters. The quantitative estimate of drug-likeness (QED) is 0.630. The Morgan fingerprint density at radius 3 is 2.07 bits per heavy atom. The fourth-order valence-electron chi connectivity index (χ4n) is 2.53. The maximum atomic E-state index is 2.32. The zero-order valence-corrected chi connectivity index (χ0v) is 8.58. The van der Waals surface area contributed by atoms with Crippen molar-refractivity contribution in [2.75, 3.05) is 0 Å². The minimum Gasteiger partial charge on any atom is -0.0767 e. The molecule has 0 N–H and O–H groups in total. The third-order valence-electron chi connectivity index (χ3n) is 3.32. The molecule has 0 radical (unpaired) electrons. The van der Waals surface area contributed by atoms with Gasteiger partial charge in [0, 0.05) is 17.8 Å². The van der Waals surface area contributed by atoms with Crippen LogP contribution in [0.25, 0.3) is 0 Å². The second kappa shape index (κ2) is 3.54. The monoisotopic (exact) mass is 194 g/mol. The molecule has 0 saturated heterocycles. The van der Waals surface area contributed by atoms with Crippen molar-refractivity contribution in [2.45, 2.75) is 0 Å². The first-order valence-corrected chi connectivity index (χ1v) is 5.53. The highest BCUT2D eigenvalue weighted by molar-refractivity contribution is 5.41. The molecule has 1 unspecified atom stereocenters. The first-order valence-electron chi connectivity index (χ1n) is 5.53. The van der Waals surface area contributed by atoms with Crippen LogP contribution in [0.5, 0.6) is 0 Å². The average Bonchev–Trinajstić information content (AvgIpc) is 3.01. The van der Waals surface area contributed by atoms with Crippen molar-refractivity contribution in [3.63, 3.8) is 0 Å². The lowest BCUT2D eigenvalue weighted by molar-refractivity contribution is 0.617. The molecule has 0 nitrogen and oxygen atoms in total. The van der Waals surface area contributed by atoms with Crippen LogP contribution in [0.3, 0.4) is 0 Å². The van der Waals surface area contributed by atoms with Gasteiger partial charge in [-0.15, -0.1) is 0 Å². The Hall–Kier alpha value is -1.56. The summed E-state index contributed by atoms with van der Waals surface area (Å²) in [5, 5.41) is 0. The van der Waals surface area contributed by atoms with Crippen molar-refractivity contribution < 1.29 is 0 Å². The highest BCUT2D eigenvalue weighted by atomic mass is 14.3. The van der Waals surface area contributed by atoms with Gasteiger partial charge in [-0.2, -0.15) is 0 Å². The normalized spacial score (nSPS) is 28.5. The average molecular weight is 194 g/mol. The molecule has 3 aliphatic rings. The van der Waals surface area contributed by atoms with E-state index in [2.05, 4.69) is 66.8 Å². The fourth-order valence-corrected chi connectivity index (χ4v) is 2.53. The molecular weight excluding hydrogens is 180 g/mol. The lowest BCUT2D eigenvalue weighted by Gasteiger charge is -2.21. The van der Waals surface area contributed by atoms with Gasteiger partial charge < -0.3 is 0 Å². The Morgan fingerprint density at radius 1 is 0.667 bits per heavy atom. The Bertz CT molecular complexity index is 403. The molecule has 0 amide bonds. The van der Waals surface area contributed by atoms with Gasteiger partial charge in [0.15, 0.2) is 0 Å². The van der Waals surface area contributed by atoms with Crippen LogP contribution in [-0.2, 0) is 0 Å². The number of hydrogen-bond acceptors (Lipinski definition) is 0. The predicted molar refractivity (Wildman–Crippen MR) is 64.3 cm³/mol. The lowest BCUT2D eigenvalue weighted by Crippen LogP contribution is -2.12. The van der Waals surface area contributed by atoms with Gasteiger partial charge in [0.2, 0.25) is 0 Å². The summed E-state index contributed by atoms with van der Waals surface area (Å²) >= 11 is 0. The zero-order valence-electron chi connectivity index (χ0n) is 8.58. The van der Waals surface area contributed by atoms with Crippen LogP contribution in [0, 0.1) is 17.8 Å². The summed E-state index contributed by atoms with van der Waals surface area (Å²) in [5.74, 6) is 1.65. The summed E-state index contributed by atoms with van der Waals surface area (Å²) in [6.45, 7) is 0. The van der Waals surface area contributed by atoms with E-state index in [9.17, 15) is 0 Å². The molecular formula is C15H14. The Balaban J connectivity index is 1.84. The van der Waals surface area contributed by atoms with E-state index in [1.54, 1.807) is 0 Å². The van der Waals surface area contributed by atoms with Gasteiger partial charge in [-0.3, -0.25) is 0 Å². The van der Waals surface area contributed by atoms with Gasteiger partial charge in [-0.1, -0.05) is 72.4 Å². The van der Waals surface area contributed by atoms with Crippen LogP contribution in [0.2, 0.25) is 0 Å². The van der Waals surface area contributed by atoms with Crippen LogP contribution in [-0.4, -0.2) is 0 Å². The van der Waals surface area contributed by atoms with E-state index in [0.717, 1.165) is 0 Å². The molecule has 0 saturated carbocycles. The summed E-state index contributed by atoms with van der Waals surface area (Å²) in [4.78, 5) is 0. The molecule has 0 aromatic rings. The Morgan fingerprint density at radius 2 is 1.33 bits per heavy atom. The summed E-state index contributed by atoms with van der Waals surface area (Å²) in [6, 6.07) is 0. The van der Waals surface area contributed by atoms with Crippen LogP contribution >= 0.6 is 0 Å². The second-order valence-electron chi connectivity index (χ2n) is 4.22. The van der Waals surface area contributed by atoms with E-state index < -0.39 is 0 Å². The number of hydrogen-bond donors (Lipinski definition) is 0. The van der Waals surface area contributed by atoms with Crippen molar-refractivity contribution in [1.82, 2.24) is 0 Å². The molecule has 0 spiro atoms. The van der Waals surface area contributed by atoms with Crippen molar-refractivity contribution >= 4 is 0 Å². The molecule has 0 heteroatoms. The molecule has 0 fully saturated rings. The summed E-state index contributed by atoms with van der Waals surface area (Å²) in [6.07, 6.45) is 24.5. The van der Waals surface area contributed by atoms with Crippen LogP contribution in [0.1, 0.15) is 0 Å². The van der Waals surface area contributed by atoms with E-state index in [4.69, 9.17) is 0 Å². The molecule has 15 heavy (non-hydrogen) atoms. The fraction of sp³-hybridized carbons (Fsp3) is 0.200. The van der Waals surface area contributed by atoms with Gasteiger partial charge in [0.25, 0.3) is 0 Å². The van der Waals surface area contributed by atoms with Gasteiger partial charge in [0.1, 0.15) is 0 Å².